The zero-order valence-electron chi connectivity index (χ0n) is 17.5. The maximum atomic E-state index is 13.6. The van der Waals surface area contributed by atoms with Gasteiger partial charge >= 0.3 is 5.97 Å². The van der Waals surface area contributed by atoms with Crippen molar-refractivity contribution < 1.29 is 19.0 Å². The van der Waals surface area contributed by atoms with Crippen molar-refractivity contribution in [3.05, 3.63) is 59.8 Å². The van der Waals surface area contributed by atoms with Crippen molar-refractivity contribution >= 4 is 5.97 Å². The first-order chi connectivity index (χ1) is 14.9. The van der Waals surface area contributed by atoms with Crippen LogP contribution in [0.4, 0.5) is 4.39 Å². The van der Waals surface area contributed by atoms with Crippen molar-refractivity contribution in [1.29, 1.82) is 0 Å². The van der Waals surface area contributed by atoms with Crippen molar-refractivity contribution in [2.75, 3.05) is 0 Å². The molecule has 1 aromatic carbocycles. The molecule has 1 aliphatic heterocycles. The van der Waals surface area contributed by atoms with Gasteiger partial charge in [-0.3, -0.25) is 4.79 Å². The zero-order chi connectivity index (χ0) is 22.0. The van der Waals surface area contributed by atoms with Gasteiger partial charge in [0.2, 0.25) is 0 Å². The molecule has 0 spiro atoms. The highest BCUT2D eigenvalue weighted by atomic mass is 19.1. The Labute approximate surface area is 179 Å². The Kier molecular flexibility index (Phi) is 6.08. The maximum absolute atomic E-state index is 13.6. The number of carbonyl (C=O) groups is 1. The van der Waals surface area contributed by atoms with Crippen molar-refractivity contribution in [1.82, 2.24) is 19.7 Å². The normalized spacial score (nSPS) is 18.9. The van der Waals surface area contributed by atoms with E-state index in [0.717, 1.165) is 22.5 Å². The summed E-state index contributed by atoms with van der Waals surface area (Å²) in [6.45, 7) is 4.11. The molecule has 31 heavy (non-hydrogen) atoms. The molecular formula is C23H25FN4O3. The molecule has 1 N–H and O–H groups in total. The van der Waals surface area contributed by atoms with Gasteiger partial charge in [-0.05, 0) is 49.1 Å². The summed E-state index contributed by atoms with van der Waals surface area (Å²) in [4.78, 5) is 20.4. The molecule has 0 aliphatic carbocycles. The Hall–Kier alpha value is -3.13. The number of cyclic esters (lactones) is 1. The third-order valence-electron chi connectivity index (χ3n) is 5.37. The molecule has 2 aromatic heterocycles. The number of aromatic nitrogens is 4. The van der Waals surface area contributed by atoms with Gasteiger partial charge in [0.25, 0.3) is 5.95 Å². The van der Waals surface area contributed by atoms with E-state index in [9.17, 15) is 14.3 Å². The minimum Gasteiger partial charge on any atom is -0.462 e. The Morgan fingerprint density at radius 2 is 1.94 bits per heavy atom. The molecule has 3 heterocycles. The molecule has 1 aliphatic rings. The fourth-order valence-corrected chi connectivity index (χ4v) is 3.97. The van der Waals surface area contributed by atoms with Gasteiger partial charge in [-0.15, -0.1) is 0 Å². The third-order valence-corrected chi connectivity index (χ3v) is 5.37. The van der Waals surface area contributed by atoms with E-state index in [1.807, 2.05) is 0 Å². The second-order valence-electron chi connectivity index (χ2n) is 8.08. The molecule has 0 radical (unpaired) electrons. The molecule has 3 aromatic rings. The molecular weight excluding hydrogens is 399 g/mol. The number of hydrogen-bond donors (Lipinski definition) is 1. The van der Waals surface area contributed by atoms with Crippen LogP contribution in [-0.2, 0) is 16.0 Å². The standard InChI is InChI=1S/C23H25FN4O3/c1-14(2)21-19(9-8-18-12-17(29)13-20(30)31-18)22(15-4-6-16(24)7-5-15)28(27-21)23-25-10-3-11-26-23/h3-7,10-11,14,17-18,29H,8-9,12-13H2,1-2H3/t17-,18-/m0/s1. The first-order valence-corrected chi connectivity index (χ1v) is 10.4. The maximum Gasteiger partial charge on any atom is 0.308 e. The summed E-state index contributed by atoms with van der Waals surface area (Å²) in [6, 6.07) is 7.98. The molecule has 0 unspecified atom stereocenters. The number of ether oxygens (including phenoxy) is 1. The smallest absolute Gasteiger partial charge is 0.308 e. The van der Waals surface area contributed by atoms with Gasteiger partial charge in [-0.2, -0.15) is 9.78 Å². The van der Waals surface area contributed by atoms with Crippen LogP contribution in [0.5, 0.6) is 0 Å². The van der Waals surface area contributed by atoms with Crippen molar-refractivity contribution in [2.24, 2.45) is 0 Å². The number of carbonyl (C=O) groups excluding carboxylic acids is 1. The van der Waals surface area contributed by atoms with E-state index in [4.69, 9.17) is 9.84 Å². The van der Waals surface area contributed by atoms with Crippen molar-refractivity contribution in [2.45, 2.75) is 57.7 Å². The van der Waals surface area contributed by atoms with Crippen LogP contribution in [0.15, 0.2) is 42.7 Å². The Bertz CT molecular complexity index is 1050. The number of esters is 1. The van der Waals surface area contributed by atoms with Gasteiger partial charge in [-0.25, -0.2) is 14.4 Å². The fraction of sp³-hybridized carbons (Fsp3) is 0.391. The number of hydrogen-bond acceptors (Lipinski definition) is 6. The van der Waals surface area contributed by atoms with Crippen LogP contribution in [0.3, 0.4) is 0 Å². The molecule has 1 saturated heterocycles. The monoisotopic (exact) mass is 424 g/mol. The lowest BCUT2D eigenvalue weighted by molar-refractivity contribution is -0.160. The summed E-state index contributed by atoms with van der Waals surface area (Å²) >= 11 is 0. The predicted octanol–water partition coefficient (Wildman–Crippen LogP) is 3.59. The van der Waals surface area contributed by atoms with Crippen molar-refractivity contribution in [3.8, 4) is 17.2 Å². The van der Waals surface area contributed by atoms with E-state index in [0.29, 0.717) is 25.2 Å². The van der Waals surface area contributed by atoms with Crippen LogP contribution in [0, 0.1) is 5.82 Å². The Morgan fingerprint density at radius 1 is 1.23 bits per heavy atom. The van der Waals surface area contributed by atoms with Gasteiger partial charge in [0.1, 0.15) is 11.9 Å². The van der Waals surface area contributed by atoms with E-state index in [1.54, 1.807) is 35.3 Å². The average Bonchev–Trinajstić information content (AvgIpc) is 3.12. The van der Waals surface area contributed by atoms with Crippen molar-refractivity contribution in [3.63, 3.8) is 0 Å². The van der Waals surface area contributed by atoms with Gasteiger partial charge in [0.15, 0.2) is 0 Å². The lowest BCUT2D eigenvalue weighted by Crippen LogP contribution is -2.32. The SMILES string of the molecule is CC(C)c1nn(-c2ncccn2)c(-c2ccc(F)cc2)c1CC[C@H]1C[C@H](O)CC(=O)O1. The molecule has 162 valence electrons. The van der Waals surface area contributed by atoms with E-state index in [2.05, 4.69) is 23.8 Å². The number of aliphatic hydroxyl groups is 1. The van der Waals surface area contributed by atoms with Gasteiger partial charge < -0.3 is 9.84 Å². The van der Waals surface area contributed by atoms with E-state index >= 15 is 0 Å². The molecule has 1 fully saturated rings. The minimum absolute atomic E-state index is 0.0395. The number of benzene rings is 1. The number of nitrogens with zero attached hydrogens (tertiary/aromatic N) is 4. The summed E-state index contributed by atoms with van der Waals surface area (Å²) in [6.07, 6.45) is 3.87. The molecule has 0 amide bonds. The lowest BCUT2D eigenvalue weighted by atomic mass is 9.93. The topological polar surface area (TPSA) is 90.1 Å². The molecule has 2 atom stereocenters. The first kappa shape index (κ1) is 21.1. The summed E-state index contributed by atoms with van der Waals surface area (Å²) in [5.41, 5.74) is 3.45. The number of halogens is 1. The summed E-state index contributed by atoms with van der Waals surface area (Å²) in [7, 11) is 0. The largest absolute Gasteiger partial charge is 0.462 e. The second kappa shape index (κ2) is 8.93. The van der Waals surface area contributed by atoms with E-state index in [-0.39, 0.29) is 30.2 Å². The predicted molar refractivity (Wildman–Crippen MR) is 112 cm³/mol. The van der Waals surface area contributed by atoms with Crippen LogP contribution >= 0.6 is 0 Å². The minimum atomic E-state index is -0.673. The lowest BCUT2D eigenvalue weighted by Gasteiger charge is -2.26. The van der Waals surface area contributed by atoms with E-state index in [1.165, 1.54) is 12.1 Å². The average molecular weight is 424 g/mol. The first-order valence-electron chi connectivity index (χ1n) is 10.4. The number of rotatable bonds is 6. The van der Waals surface area contributed by atoms with Crippen LogP contribution in [0.2, 0.25) is 0 Å². The van der Waals surface area contributed by atoms with E-state index < -0.39 is 6.10 Å². The highest BCUT2D eigenvalue weighted by Gasteiger charge is 2.29. The summed E-state index contributed by atoms with van der Waals surface area (Å²) in [5.74, 6) is -0.146. The number of aliphatic hydroxyl groups excluding tert-OH is 1. The fourth-order valence-electron chi connectivity index (χ4n) is 3.97. The van der Waals surface area contributed by atoms with Crippen LogP contribution in [-0.4, -0.2) is 43.0 Å². The zero-order valence-corrected chi connectivity index (χ0v) is 17.5. The van der Waals surface area contributed by atoms with Gasteiger partial charge in [-0.1, -0.05) is 13.8 Å². The Balaban J connectivity index is 1.77. The molecule has 0 bridgehead atoms. The highest BCUT2D eigenvalue weighted by Crippen LogP contribution is 2.34. The Morgan fingerprint density at radius 3 is 2.58 bits per heavy atom. The highest BCUT2D eigenvalue weighted by molar-refractivity contribution is 5.71. The van der Waals surface area contributed by atoms with Crippen LogP contribution in [0.1, 0.15) is 50.3 Å². The van der Waals surface area contributed by atoms with Crippen LogP contribution < -0.4 is 0 Å². The van der Waals surface area contributed by atoms with Crippen LogP contribution in [0.25, 0.3) is 17.2 Å². The molecule has 0 saturated carbocycles. The molecule has 4 rings (SSSR count). The van der Waals surface area contributed by atoms with Gasteiger partial charge in [0, 0.05) is 29.9 Å². The summed E-state index contributed by atoms with van der Waals surface area (Å²) < 4.78 is 20.7. The molecule has 7 nitrogen and oxygen atoms in total. The third kappa shape index (κ3) is 4.64. The van der Waals surface area contributed by atoms with Gasteiger partial charge in [0.05, 0.1) is 23.9 Å². The summed E-state index contributed by atoms with van der Waals surface area (Å²) in [5, 5.41) is 14.7. The quantitative estimate of drug-likeness (QED) is 0.608. The molecule has 8 heteroatoms. The second-order valence-corrected chi connectivity index (χ2v) is 8.08.